The van der Waals surface area contributed by atoms with Gasteiger partial charge in [-0.25, -0.2) is 0 Å². The summed E-state index contributed by atoms with van der Waals surface area (Å²) in [5.74, 6) is 1.93. The molecule has 1 aromatic carbocycles. The lowest BCUT2D eigenvalue weighted by Crippen LogP contribution is -2.19. The van der Waals surface area contributed by atoms with Gasteiger partial charge in [-0.2, -0.15) is 0 Å². The molecular weight excluding hydrogens is 302 g/mol. The summed E-state index contributed by atoms with van der Waals surface area (Å²) in [6, 6.07) is 10.7. The minimum Gasteiger partial charge on any atom is -0.459 e. The molecule has 0 aliphatic carbocycles. The zero-order valence-corrected chi connectivity index (χ0v) is 13.3. The van der Waals surface area contributed by atoms with Crippen LogP contribution in [0, 0.1) is 6.92 Å². The molecule has 0 aliphatic rings. The second-order valence-corrected chi connectivity index (χ2v) is 5.56. The molecule has 0 radical (unpaired) electrons. The smallest absolute Gasteiger partial charge is 0.135 e. The number of benzene rings is 1. The van der Waals surface area contributed by atoms with Crippen molar-refractivity contribution in [3.8, 4) is 11.3 Å². The van der Waals surface area contributed by atoms with E-state index >= 15 is 0 Å². The molecule has 0 fully saturated rings. The number of rotatable bonds is 5. The SMILES string of the molecule is CCNC(CC)c1ccc(-c2cc(C)ccc2Br)o1. The van der Waals surface area contributed by atoms with Crippen molar-refractivity contribution in [3.05, 3.63) is 46.1 Å². The monoisotopic (exact) mass is 321 g/mol. The third kappa shape index (κ3) is 3.28. The minimum atomic E-state index is 0.294. The highest BCUT2D eigenvalue weighted by molar-refractivity contribution is 9.10. The van der Waals surface area contributed by atoms with Gasteiger partial charge in [0.1, 0.15) is 11.5 Å². The Kier molecular flexibility index (Phi) is 4.83. The standard InChI is InChI=1S/C16H20BrNO/c1-4-14(18-5-2)16-9-8-15(19-16)12-10-11(3)6-7-13(12)17/h6-10,14,18H,4-5H2,1-3H3. The third-order valence-electron chi connectivity index (χ3n) is 3.22. The summed E-state index contributed by atoms with van der Waals surface area (Å²) in [4.78, 5) is 0. The molecule has 1 atom stereocenters. The van der Waals surface area contributed by atoms with Crippen LogP contribution < -0.4 is 5.32 Å². The average Bonchev–Trinajstić information content (AvgIpc) is 2.88. The van der Waals surface area contributed by atoms with E-state index in [2.05, 4.69) is 72.3 Å². The number of furan rings is 1. The minimum absolute atomic E-state index is 0.294. The molecule has 0 saturated carbocycles. The zero-order chi connectivity index (χ0) is 13.8. The van der Waals surface area contributed by atoms with Crippen LogP contribution in [0.1, 0.15) is 37.6 Å². The maximum Gasteiger partial charge on any atom is 0.135 e. The predicted octanol–water partition coefficient (Wildman–Crippen LogP) is 5.08. The summed E-state index contributed by atoms with van der Waals surface area (Å²) in [5, 5.41) is 3.43. The molecule has 1 heterocycles. The molecule has 1 unspecified atom stereocenters. The van der Waals surface area contributed by atoms with Crippen molar-refractivity contribution >= 4 is 15.9 Å². The summed E-state index contributed by atoms with van der Waals surface area (Å²) >= 11 is 3.59. The molecule has 1 aromatic heterocycles. The summed E-state index contributed by atoms with van der Waals surface area (Å²) < 4.78 is 7.08. The van der Waals surface area contributed by atoms with E-state index in [1.807, 2.05) is 0 Å². The third-order valence-corrected chi connectivity index (χ3v) is 3.91. The summed E-state index contributed by atoms with van der Waals surface area (Å²) in [5.41, 5.74) is 2.34. The maximum atomic E-state index is 6.02. The van der Waals surface area contributed by atoms with Crippen LogP contribution in [0.4, 0.5) is 0 Å². The largest absolute Gasteiger partial charge is 0.459 e. The van der Waals surface area contributed by atoms with Crippen LogP contribution in [0.5, 0.6) is 0 Å². The lowest BCUT2D eigenvalue weighted by molar-refractivity contribution is 0.417. The van der Waals surface area contributed by atoms with Crippen molar-refractivity contribution < 1.29 is 4.42 Å². The highest BCUT2D eigenvalue weighted by Gasteiger charge is 2.14. The number of halogens is 1. The normalized spacial score (nSPS) is 12.6. The van der Waals surface area contributed by atoms with Crippen LogP contribution in [0.2, 0.25) is 0 Å². The molecule has 2 nitrogen and oxygen atoms in total. The van der Waals surface area contributed by atoms with Crippen molar-refractivity contribution in [2.24, 2.45) is 0 Å². The summed E-state index contributed by atoms with van der Waals surface area (Å²) in [6.45, 7) is 7.32. The van der Waals surface area contributed by atoms with Gasteiger partial charge in [-0.1, -0.05) is 41.4 Å². The van der Waals surface area contributed by atoms with Crippen molar-refractivity contribution in [1.29, 1.82) is 0 Å². The van der Waals surface area contributed by atoms with Crippen LogP contribution in [0.15, 0.2) is 39.2 Å². The average molecular weight is 322 g/mol. The van der Waals surface area contributed by atoms with E-state index in [0.717, 1.165) is 34.5 Å². The molecule has 2 aromatic rings. The second kappa shape index (κ2) is 6.40. The maximum absolute atomic E-state index is 6.02. The number of nitrogens with one attached hydrogen (secondary N) is 1. The van der Waals surface area contributed by atoms with Crippen LogP contribution in [0.3, 0.4) is 0 Å². The van der Waals surface area contributed by atoms with Gasteiger partial charge in [0.05, 0.1) is 6.04 Å². The Balaban J connectivity index is 2.32. The van der Waals surface area contributed by atoms with Gasteiger partial charge in [-0.3, -0.25) is 0 Å². The quantitative estimate of drug-likeness (QED) is 0.830. The van der Waals surface area contributed by atoms with Gasteiger partial charge in [0, 0.05) is 10.0 Å². The summed E-state index contributed by atoms with van der Waals surface area (Å²) in [6.07, 6.45) is 1.02. The number of hydrogen-bond donors (Lipinski definition) is 1. The van der Waals surface area contributed by atoms with E-state index in [0.29, 0.717) is 6.04 Å². The molecule has 0 saturated heterocycles. The van der Waals surface area contributed by atoms with E-state index in [1.165, 1.54) is 5.56 Å². The van der Waals surface area contributed by atoms with Gasteiger partial charge in [0.25, 0.3) is 0 Å². The highest BCUT2D eigenvalue weighted by atomic mass is 79.9. The van der Waals surface area contributed by atoms with Gasteiger partial charge in [-0.05, 0) is 44.2 Å². The van der Waals surface area contributed by atoms with Crippen molar-refractivity contribution in [1.82, 2.24) is 5.32 Å². The van der Waals surface area contributed by atoms with E-state index in [1.54, 1.807) is 0 Å². The molecule has 0 bridgehead atoms. The first-order chi connectivity index (χ1) is 9.15. The molecule has 0 amide bonds. The first kappa shape index (κ1) is 14.4. The van der Waals surface area contributed by atoms with Crippen LogP contribution in [-0.2, 0) is 0 Å². The lowest BCUT2D eigenvalue weighted by atomic mass is 10.1. The summed E-state index contributed by atoms with van der Waals surface area (Å²) in [7, 11) is 0. The number of hydrogen-bond acceptors (Lipinski definition) is 2. The van der Waals surface area contributed by atoms with Crippen molar-refractivity contribution in [2.45, 2.75) is 33.2 Å². The van der Waals surface area contributed by atoms with Gasteiger partial charge >= 0.3 is 0 Å². The van der Waals surface area contributed by atoms with E-state index < -0.39 is 0 Å². The molecule has 1 N–H and O–H groups in total. The molecule has 2 rings (SSSR count). The fourth-order valence-corrected chi connectivity index (χ4v) is 2.65. The molecule has 19 heavy (non-hydrogen) atoms. The fraction of sp³-hybridized carbons (Fsp3) is 0.375. The first-order valence-corrected chi connectivity index (χ1v) is 7.54. The Hall–Kier alpha value is -1.06. The van der Waals surface area contributed by atoms with Gasteiger partial charge < -0.3 is 9.73 Å². The zero-order valence-electron chi connectivity index (χ0n) is 11.7. The number of aryl methyl sites for hydroxylation is 1. The first-order valence-electron chi connectivity index (χ1n) is 6.75. The Labute approximate surface area is 123 Å². The fourth-order valence-electron chi connectivity index (χ4n) is 2.21. The van der Waals surface area contributed by atoms with Crippen molar-refractivity contribution in [2.75, 3.05) is 6.54 Å². The van der Waals surface area contributed by atoms with Gasteiger partial charge in [0.2, 0.25) is 0 Å². The predicted molar refractivity (Wildman–Crippen MR) is 83.3 cm³/mol. The van der Waals surface area contributed by atoms with E-state index in [9.17, 15) is 0 Å². The van der Waals surface area contributed by atoms with Gasteiger partial charge in [0.15, 0.2) is 0 Å². The molecule has 102 valence electrons. The molecule has 0 spiro atoms. The van der Waals surface area contributed by atoms with E-state index in [4.69, 9.17) is 4.42 Å². The van der Waals surface area contributed by atoms with Crippen molar-refractivity contribution in [3.63, 3.8) is 0 Å². The lowest BCUT2D eigenvalue weighted by Gasteiger charge is -2.12. The Bertz CT molecular complexity index is 547. The van der Waals surface area contributed by atoms with E-state index in [-0.39, 0.29) is 0 Å². The topological polar surface area (TPSA) is 25.2 Å². The molecule has 3 heteroatoms. The Morgan fingerprint density at radius 2 is 2.00 bits per heavy atom. The Morgan fingerprint density at radius 1 is 1.21 bits per heavy atom. The van der Waals surface area contributed by atoms with Crippen LogP contribution in [-0.4, -0.2) is 6.54 Å². The highest BCUT2D eigenvalue weighted by Crippen LogP contribution is 2.32. The molecular formula is C16H20BrNO. The van der Waals surface area contributed by atoms with Gasteiger partial charge in [-0.15, -0.1) is 0 Å². The Morgan fingerprint density at radius 3 is 2.68 bits per heavy atom. The second-order valence-electron chi connectivity index (χ2n) is 4.70. The molecule has 0 aliphatic heterocycles. The van der Waals surface area contributed by atoms with Crippen LogP contribution >= 0.6 is 15.9 Å². The van der Waals surface area contributed by atoms with Crippen LogP contribution in [0.25, 0.3) is 11.3 Å².